The van der Waals surface area contributed by atoms with Crippen LogP contribution >= 0.6 is 0 Å². The molecule has 1 aliphatic heterocycles. The number of halogens is 1. The Balaban J connectivity index is 1.80. The van der Waals surface area contributed by atoms with Crippen molar-refractivity contribution in [1.82, 2.24) is 15.3 Å². The van der Waals surface area contributed by atoms with E-state index in [1.165, 1.54) is 18.2 Å². The fourth-order valence-electron chi connectivity index (χ4n) is 3.74. The van der Waals surface area contributed by atoms with Gasteiger partial charge in [0.05, 0.1) is 16.7 Å². The number of para-hydroxylation sites is 1. The standard InChI is InChI=1S/C21H23FN4O2/c1-21(2,28)15-10-23-11-17(15)25-19-13-5-3-4-6-16(13)24-20(26-19)14-9-12(22)7-8-18(14)27/h3-9,15,17,23,27-28H,10-11H2,1-2H3,(H,24,25,26)/t15-,17+/m0/s1. The quantitative estimate of drug-likeness (QED) is 0.555. The first kappa shape index (κ1) is 18.6. The van der Waals surface area contributed by atoms with E-state index in [-0.39, 0.29) is 29.1 Å². The summed E-state index contributed by atoms with van der Waals surface area (Å²) in [5.41, 5.74) is 0.0648. The minimum Gasteiger partial charge on any atom is -0.507 e. The fraction of sp³-hybridized carbons (Fsp3) is 0.333. The number of hydrogen-bond acceptors (Lipinski definition) is 6. The Morgan fingerprint density at radius 3 is 2.71 bits per heavy atom. The van der Waals surface area contributed by atoms with Crippen LogP contribution in [0.1, 0.15) is 13.8 Å². The van der Waals surface area contributed by atoms with Crippen molar-refractivity contribution in [1.29, 1.82) is 0 Å². The van der Waals surface area contributed by atoms with Gasteiger partial charge in [0.2, 0.25) is 0 Å². The maximum Gasteiger partial charge on any atom is 0.165 e. The van der Waals surface area contributed by atoms with Crippen molar-refractivity contribution in [2.75, 3.05) is 18.4 Å². The van der Waals surface area contributed by atoms with Gasteiger partial charge in [0.1, 0.15) is 17.4 Å². The summed E-state index contributed by atoms with van der Waals surface area (Å²) in [6.07, 6.45) is 0. The van der Waals surface area contributed by atoms with Gasteiger partial charge in [-0.2, -0.15) is 0 Å². The van der Waals surface area contributed by atoms with E-state index < -0.39 is 11.4 Å². The van der Waals surface area contributed by atoms with Gasteiger partial charge in [0.15, 0.2) is 5.82 Å². The lowest BCUT2D eigenvalue weighted by Crippen LogP contribution is -2.42. The zero-order chi connectivity index (χ0) is 19.9. The number of nitrogens with zero attached hydrogens (tertiary/aromatic N) is 2. The number of hydrogen-bond donors (Lipinski definition) is 4. The van der Waals surface area contributed by atoms with Crippen LogP contribution in [0.15, 0.2) is 42.5 Å². The minimum absolute atomic E-state index is 0.00718. The second-order valence-corrected chi connectivity index (χ2v) is 7.74. The highest BCUT2D eigenvalue weighted by Gasteiger charge is 2.38. The van der Waals surface area contributed by atoms with Crippen LogP contribution in [-0.4, -0.2) is 44.9 Å². The van der Waals surface area contributed by atoms with E-state index in [1.54, 1.807) is 13.8 Å². The molecule has 2 heterocycles. The SMILES string of the molecule is CC(C)(O)[C@H]1CNC[C@H]1Nc1nc(-c2cc(F)ccc2O)nc2ccccc12. The largest absolute Gasteiger partial charge is 0.507 e. The van der Waals surface area contributed by atoms with Gasteiger partial charge < -0.3 is 20.8 Å². The van der Waals surface area contributed by atoms with Gasteiger partial charge in [0, 0.05) is 30.4 Å². The number of aromatic nitrogens is 2. The molecule has 0 aliphatic carbocycles. The molecule has 28 heavy (non-hydrogen) atoms. The molecule has 2 aromatic carbocycles. The molecule has 0 radical (unpaired) electrons. The number of aliphatic hydroxyl groups is 1. The lowest BCUT2D eigenvalue weighted by molar-refractivity contribution is 0.0219. The Bertz CT molecular complexity index is 1020. The number of benzene rings is 2. The monoisotopic (exact) mass is 382 g/mol. The summed E-state index contributed by atoms with van der Waals surface area (Å²) in [6.45, 7) is 4.98. The van der Waals surface area contributed by atoms with Gasteiger partial charge in [-0.1, -0.05) is 12.1 Å². The Hall–Kier alpha value is -2.77. The smallest absolute Gasteiger partial charge is 0.165 e. The number of rotatable bonds is 4. The van der Waals surface area contributed by atoms with Crippen LogP contribution in [0, 0.1) is 11.7 Å². The van der Waals surface area contributed by atoms with Crippen molar-refractivity contribution in [3.63, 3.8) is 0 Å². The number of anilines is 1. The van der Waals surface area contributed by atoms with E-state index in [1.807, 2.05) is 24.3 Å². The lowest BCUT2D eigenvalue weighted by atomic mass is 9.87. The second kappa shape index (κ2) is 7.00. The summed E-state index contributed by atoms with van der Waals surface area (Å²) in [5, 5.41) is 28.2. The first-order valence-corrected chi connectivity index (χ1v) is 9.28. The summed E-state index contributed by atoms with van der Waals surface area (Å²) in [4.78, 5) is 9.10. The summed E-state index contributed by atoms with van der Waals surface area (Å²) < 4.78 is 13.7. The zero-order valence-corrected chi connectivity index (χ0v) is 15.8. The van der Waals surface area contributed by atoms with Crippen LogP contribution in [-0.2, 0) is 0 Å². The molecular weight excluding hydrogens is 359 g/mol. The van der Waals surface area contributed by atoms with Crippen molar-refractivity contribution in [3.8, 4) is 17.1 Å². The molecule has 0 unspecified atom stereocenters. The molecule has 6 nitrogen and oxygen atoms in total. The number of phenols is 1. The van der Waals surface area contributed by atoms with Crippen molar-refractivity contribution in [2.24, 2.45) is 5.92 Å². The molecule has 2 atom stereocenters. The molecule has 0 spiro atoms. The third-order valence-electron chi connectivity index (χ3n) is 5.25. The summed E-state index contributed by atoms with van der Waals surface area (Å²) in [6, 6.07) is 11.2. The number of nitrogens with one attached hydrogen (secondary N) is 2. The van der Waals surface area contributed by atoms with Crippen molar-refractivity contribution in [2.45, 2.75) is 25.5 Å². The molecule has 4 N–H and O–H groups in total. The maximum atomic E-state index is 13.7. The van der Waals surface area contributed by atoms with E-state index in [0.717, 1.165) is 5.39 Å². The zero-order valence-electron chi connectivity index (χ0n) is 15.8. The third-order valence-corrected chi connectivity index (χ3v) is 5.25. The molecule has 1 aromatic heterocycles. The molecule has 1 aliphatic rings. The molecule has 1 saturated heterocycles. The van der Waals surface area contributed by atoms with Crippen molar-refractivity contribution < 1.29 is 14.6 Å². The summed E-state index contributed by atoms with van der Waals surface area (Å²) in [7, 11) is 0. The molecule has 0 saturated carbocycles. The van der Waals surface area contributed by atoms with Crippen LogP contribution < -0.4 is 10.6 Å². The Labute approximate surface area is 162 Å². The first-order valence-electron chi connectivity index (χ1n) is 9.28. The van der Waals surface area contributed by atoms with Gasteiger partial charge in [0.25, 0.3) is 0 Å². The average Bonchev–Trinajstić information content (AvgIpc) is 3.12. The number of aromatic hydroxyl groups is 1. The van der Waals surface area contributed by atoms with E-state index in [4.69, 9.17) is 0 Å². The summed E-state index contributed by atoms with van der Waals surface area (Å²) in [5.74, 6) is 0.268. The van der Waals surface area contributed by atoms with E-state index in [9.17, 15) is 14.6 Å². The average molecular weight is 382 g/mol. The second-order valence-electron chi connectivity index (χ2n) is 7.74. The minimum atomic E-state index is -0.854. The highest BCUT2D eigenvalue weighted by Crippen LogP contribution is 2.32. The van der Waals surface area contributed by atoms with Crippen LogP contribution in [0.2, 0.25) is 0 Å². The fourth-order valence-corrected chi connectivity index (χ4v) is 3.74. The van der Waals surface area contributed by atoms with Crippen molar-refractivity contribution >= 4 is 16.7 Å². The van der Waals surface area contributed by atoms with Gasteiger partial charge in [-0.15, -0.1) is 0 Å². The Kier molecular flexibility index (Phi) is 4.64. The van der Waals surface area contributed by atoms with Gasteiger partial charge in [-0.3, -0.25) is 0 Å². The summed E-state index contributed by atoms with van der Waals surface area (Å²) >= 11 is 0. The van der Waals surface area contributed by atoms with Gasteiger partial charge in [-0.05, 0) is 44.2 Å². The molecule has 1 fully saturated rings. The predicted octanol–water partition coefficient (Wildman–Crippen LogP) is 2.91. The molecule has 0 amide bonds. The highest BCUT2D eigenvalue weighted by atomic mass is 19.1. The normalized spacial score (nSPS) is 19.9. The van der Waals surface area contributed by atoms with Crippen LogP contribution in [0.5, 0.6) is 5.75 Å². The molecule has 146 valence electrons. The molecular formula is C21H23FN4O2. The van der Waals surface area contributed by atoms with Crippen LogP contribution in [0.3, 0.4) is 0 Å². The molecule has 4 rings (SSSR count). The number of fused-ring (bicyclic) bond motifs is 1. The van der Waals surface area contributed by atoms with Crippen molar-refractivity contribution in [3.05, 3.63) is 48.3 Å². The Morgan fingerprint density at radius 1 is 1.14 bits per heavy atom. The van der Waals surface area contributed by atoms with E-state index >= 15 is 0 Å². The maximum absolute atomic E-state index is 13.7. The van der Waals surface area contributed by atoms with E-state index in [2.05, 4.69) is 20.6 Å². The molecule has 3 aromatic rings. The van der Waals surface area contributed by atoms with Gasteiger partial charge >= 0.3 is 0 Å². The topological polar surface area (TPSA) is 90.3 Å². The lowest BCUT2D eigenvalue weighted by Gasteiger charge is -2.31. The highest BCUT2D eigenvalue weighted by molar-refractivity contribution is 5.91. The molecule has 0 bridgehead atoms. The van der Waals surface area contributed by atoms with Crippen LogP contribution in [0.25, 0.3) is 22.3 Å². The number of phenolic OH excluding ortho intramolecular Hbond substituents is 1. The van der Waals surface area contributed by atoms with E-state index in [0.29, 0.717) is 24.4 Å². The third kappa shape index (κ3) is 3.50. The predicted molar refractivity (Wildman–Crippen MR) is 107 cm³/mol. The van der Waals surface area contributed by atoms with Gasteiger partial charge in [-0.25, -0.2) is 14.4 Å². The van der Waals surface area contributed by atoms with Crippen LogP contribution in [0.4, 0.5) is 10.2 Å². The Morgan fingerprint density at radius 2 is 1.93 bits per heavy atom. The molecule has 7 heteroatoms. The first-order chi connectivity index (χ1) is 13.3.